The van der Waals surface area contributed by atoms with Gasteiger partial charge in [-0.05, 0) is 43.6 Å². The van der Waals surface area contributed by atoms with E-state index in [-0.39, 0.29) is 0 Å². The molecule has 0 radical (unpaired) electrons. The highest BCUT2D eigenvalue weighted by Gasteiger charge is 2.32. The molecule has 4 rings (SSSR count). The van der Waals surface area contributed by atoms with Gasteiger partial charge in [-0.3, -0.25) is 0 Å². The van der Waals surface area contributed by atoms with Crippen LogP contribution < -0.4 is 0 Å². The first-order valence-electron chi connectivity index (χ1n) is 6.38. The van der Waals surface area contributed by atoms with Crippen LogP contribution in [-0.2, 0) is 0 Å². The van der Waals surface area contributed by atoms with Crippen LogP contribution in [0.1, 0.15) is 42.8 Å². The molecule has 1 aliphatic heterocycles. The second-order valence-corrected chi connectivity index (χ2v) is 6.23. The van der Waals surface area contributed by atoms with E-state index < -0.39 is 0 Å². The van der Waals surface area contributed by atoms with Crippen molar-refractivity contribution in [3.8, 4) is 0 Å². The first-order chi connectivity index (χ1) is 8.43. The summed E-state index contributed by atoms with van der Waals surface area (Å²) in [5, 5.41) is 0.602. The molecule has 0 spiro atoms. The van der Waals surface area contributed by atoms with E-state index in [1.165, 1.54) is 37.3 Å². The Morgan fingerprint density at radius 1 is 1.29 bits per heavy atom. The summed E-state index contributed by atoms with van der Waals surface area (Å²) >= 11 is 2.06. The van der Waals surface area contributed by atoms with Crippen molar-refractivity contribution >= 4 is 22.9 Å². The highest BCUT2D eigenvalue weighted by Crippen LogP contribution is 2.45. The van der Waals surface area contributed by atoms with E-state index in [9.17, 15) is 0 Å². The Balaban J connectivity index is 1.91. The molecular formula is C13H15N3S. The zero-order valence-electron chi connectivity index (χ0n) is 9.67. The lowest BCUT2D eigenvalue weighted by atomic mass is 10.2. The van der Waals surface area contributed by atoms with Crippen molar-refractivity contribution in [2.24, 2.45) is 0 Å². The minimum atomic E-state index is 0.602. The van der Waals surface area contributed by atoms with Crippen LogP contribution in [0, 0.1) is 0 Å². The zero-order valence-corrected chi connectivity index (χ0v) is 10.5. The Morgan fingerprint density at radius 2 is 2.24 bits per heavy atom. The van der Waals surface area contributed by atoms with Gasteiger partial charge in [0, 0.05) is 12.2 Å². The summed E-state index contributed by atoms with van der Waals surface area (Å²) in [6, 6.07) is 4.74. The molecular weight excluding hydrogens is 230 g/mol. The first-order valence-corrected chi connectivity index (χ1v) is 7.43. The fourth-order valence-electron chi connectivity index (χ4n) is 2.65. The lowest BCUT2D eigenvalue weighted by molar-refractivity contribution is 0.667. The van der Waals surface area contributed by atoms with Crippen LogP contribution in [0.4, 0.5) is 0 Å². The molecule has 1 saturated carbocycles. The van der Waals surface area contributed by atoms with Gasteiger partial charge in [-0.2, -0.15) is 11.8 Å². The van der Waals surface area contributed by atoms with Crippen molar-refractivity contribution in [3.63, 3.8) is 0 Å². The molecule has 2 aromatic rings. The van der Waals surface area contributed by atoms with Gasteiger partial charge in [0.05, 0.1) is 5.25 Å². The van der Waals surface area contributed by atoms with Crippen LogP contribution in [0.5, 0.6) is 0 Å². The van der Waals surface area contributed by atoms with Crippen LogP contribution in [-0.4, -0.2) is 20.3 Å². The summed E-state index contributed by atoms with van der Waals surface area (Å²) in [6.45, 7) is 0. The number of thioether (sulfide) groups is 1. The van der Waals surface area contributed by atoms with E-state index in [2.05, 4.69) is 27.4 Å². The summed E-state index contributed by atoms with van der Waals surface area (Å²) in [7, 11) is 0. The summed E-state index contributed by atoms with van der Waals surface area (Å²) in [5.74, 6) is 2.56. The fourth-order valence-corrected chi connectivity index (χ4v) is 3.91. The van der Waals surface area contributed by atoms with E-state index in [0.717, 1.165) is 11.2 Å². The fraction of sp³-hybridized carbons (Fsp3) is 0.538. The molecule has 2 aliphatic rings. The van der Waals surface area contributed by atoms with E-state index >= 15 is 0 Å². The summed E-state index contributed by atoms with van der Waals surface area (Å²) in [5.41, 5.74) is 2.17. The number of fused-ring (bicyclic) bond motifs is 1. The molecule has 0 N–H and O–H groups in total. The smallest absolute Gasteiger partial charge is 0.160 e. The average molecular weight is 245 g/mol. The topological polar surface area (TPSA) is 30.7 Å². The van der Waals surface area contributed by atoms with Crippen LogP contribution in [0.25, 0.3) is 11.2 Å². The van der Waals surface area contributed by atoms with Crippen molar-refractivity contribution in [1.82, 2.24) is 14.5 Å². The third kappa shape index (κ3) is 1.58. The molecule has 3 heterocycles. The van der Waals surface area contributed by atoms with E-state index in [0.29, 0.717) is 11.3 Å². The third-order valence-electron chi connectivity index (χ3n) is 3.61. The third-order valence-corrected chi connectivity index (χ3v) is 4.98. The highest BCUT2D eigenvalue weighted by molar-refractivity contribution is 7.99. The summed E-state index contributed by atoms with van der Waals surface area (Å²) < 4.78 is 2.42. The molecule has 1 aliphatic carbocycles. The lowest BCUT2D eigenvalue weighted by Crippen LogP contribution is -2.04. The predicted octanol–water partition coefficient (Wildman–Crippen LogP) is 3.33. The van der Waals surface area contributed by atoms with Gasteiger partial charge in [-0.15, -0.1) is 0 Å². The number of rotatable bonds is 2. The first kappa shape index (κ1) is 9.95. The predicted molar refractivity (Wildman–Crippen MR) is 70.2 cm³/mol. The number of pyridine rings is 1. The molecule has 1 atom stereocenters. The number of hydrogen-bond donors (Lipinski definition) is 0. The Bertz CT molecular complexity index is 553. The molecule has 4 heteroatoms. The van der Waals surface area contributed by atoms with Gasteiger partial charge in [-0.25, -0.2) is 9.97 Å². The van der Waals surface area contributed by atoms with Crippen molar-refractivity contribution in [1.29, 1.82) is 0 Å². The van der Waals surface area contributed by atoms with Gasteiger partial charge in [0.15, 0.2) is 5.65 Å². The van der Waals surface area contributed by atoms with Crippen molar-refractivity contribution in [3.05, 3.63) is 24.2 Å². The normalized spacial score (nSPS) is 24.6. The molecule has 2 fully saturated rings. The van der Waals surface area contributed by atoms with E-state index in [4.69, 9.17) is 4.98 Å². The van der Waals surface area contributed by atoms with Crippen LogP contribution >= 0.6 is 11.8 Å². The van der Waals surface area contributed by atoms with Crippen molar-refractivity contribution in [2.75, 3.05) is 5.75 Å². The van der Waals surface area contributed by atoms with Gasteiger partial charge in [0.2, 0.25) is 0 Å². The Hall–Kier alpha value is -1.03. The maximum absolute atomic E-state index is 4.84. The molecule has 1 saturated heterocycles. The second-order valence-electron chi connectivity index (χ2n) is 4.92. The monoisotopic (exact) mass is 245 g/mol. The van der Waals surface area contributed by atoms with E-state index in [1.807, 2.05) is 12.3 Å². The quantitative estimate of drug-likeness (QED) is 0.813. The van der Waals surface area contributed by atoms with Crippen LogP contribution in [0.15, 0.2) is 18.3 Å². The number of aromatic nitrogens is 3. The minimum absolute atomic E-state index is 0.602. The van der Waals surface area contributed by atoms with Gasteiger partial charge < -0.3 is 4.57 Å². The van der Waals surface area contributed by atoms with Gasteiger partial charge in [0.1, 0.15) is 11.3 Å². The number of nitrogens with zero attached hydrogens (tertiary/aromatic N) is 3. The second kappa shape index (κ2) is 3.73. The standard InChI is InChI=1S/C13H15N3S/c1-3-10-12(14-7-1)16(9-5-6-9)13(15-10)11-4-2-8-17-11/h1,3,7,9,11H,2,4-6,8H2. The number of imidazole rings is 1. The van der Waals surface area contributed by atoms with Crippen LogP contribution in [0.2, 0.25) is 0 Å². The molecule has 0 amide bonds. The number of hydrogen-bond acceptors (Lipinski definition) is 3. The van der Waals surface area contributed by atoms with Gasteiger partial charge in [0.25, 0.3) is 0 Å². The molecule has 17 heavy (non-hydrogen) atoms. The zero-order chi connectivity index (χ0) is 11.2. The highest BCUT2D eigenvalue weighted by atomic mass is 32.2. The SMILES string of the molecule is c1cnc2c(c1)nc(C1CCCS1)n2C1CC1. The molecule has 1 unspecified atom stereocenters. The Kier molecular flexibility index (Phi) is 2.18. The van der Waals surface area contributed by atoms with Gasteiger partial charge >= 0.3 is 0 Å². The molecule has 3 nitrogen and oxygen atoms in total. The summed E-state index contributed by atoms with van der Waals surface area (Å²) in [6.07, 6.45) is 7.09. The average Bonchev–Trinajstić information content (AvgIpc) is 2.94. The summed E-state index contributed by atoms with van der Waals surface area (Å²) in [4.78, 5) is 9.36. The van der Waals surface area contributed by atoms with Gasteiger partial charge in [-0.1, -0.05) is 0 Å². The Labute approximate surface area is 105 Å². The molecule has 2 aromatic heterocycles. The van der Waals surface area contributed by atoms with Crippen molar-refractivity contribution < 1.29 is 0 Å². The van der Waals surface area contributed by atoms with Crippen LogP contribution in [0.3, 0.4) is 0 Å². The maximum atomic E-state index is 4.84. The van der Waals surface area contributed by atoms with E-state index in [1.54, 1.807) is 0 Å². The minimum Gasteiger partial charge on any atom is -0.309 e. The largest absolute Gasteiger partial charge is 0.309 e. The molecule has 0 bridgehead atoms. The molecule has 88 valence electrons. The van der Waals surface area contributed by atoms with Crippen molar-refractivity contribution in [2.45, 2.75) is 37.0 Å². The Morgan fingerprint density at radius 3 is 3.00 bits per heavy atom. The maximum Gasteiger partial charge on any atom is 0.160 e. The molecule has 0 aromatic carbocycles. The lowest BCUT2D eigenvalue weighted by Gasteiger charge is -2.11.